The van der Waals surface area contributed by atoms with Crippen LogP contribution in [0.2, 0.25) is 0 Å². The Morgan fingerprint density at radius 3 is 3.00 bits per heavy atom. The third kappa shape index (κ3) is 2.40. The van der Waals surface area contributed by atoms with Crippen molar-refractivity contribution in [3.05, 3.63) is 16.6 Å². The molecule has 3 unspecified atom stereocenters. The fourth-order valence-electron chi connectivity index (χ4n) is 2.74. The van der Waals surface area contributed by atoms with E-state index in [1.165, 1.54) is 32.1 Å². The zero-order valence-electron chi connectivity index (χ0n) is 9.22. The lowest BCUT2D eigenvalue weighted by atomic mass is 9.75. The van der Waals surface area contributed by atoms with Crippen molar-refractivity contribution in [3.63, 3.8) is 0 Å². The summed E-state index contributed by atoms with van der Waals surface area (Å²) in [6, 6.07) is 0. The summed E-state index contributed by atoms with van der Waals surface area (Å²) in [5, 5.41) is 10.3. The lowest BCUT2D eigenvalue weighted by Gasteiger charge is -2.33. The largest absolute Gasteiger partial charge is 0.387 e. The summed E-state index contributed by atoms with van der Waals surface area (Å²) in [6.07, 6.45) is 7.82. The molecular weight excluding hydrogens is 206 g/mol. The second kappa shape index (κ2) is 5.08. The molecule has 0 amide bonds. The number of hydrogen-bond acceptors (Lipinski definition) is 3. The highest BCUT2D eigenvalue weighted by molar-refractivity contribution is 7.09. The summed E-state index contributed by atoms with van der Waals surface area (Å²) in [6.45, 7) is 2.24. The van der Waals surface area contributed by atoms with Crippen molar-refractivity contribution in [2.24, 2.45) is 11.8 Å². The second-order valence-electron chi connectivity index (χ2n) is 4.47. The van der Waals surface area contributed by atoms with Gasteiger partial charge in [0.05, 0.1) is 16.5 Å². The Morgan fingerprint density at radius 1 is 1.53 bits per heavy atom. The van der Waals surface area contributed by atoms with Gasteiger partial charge >= 0.3 is 0 Å². The van der Waals surface area contributed by atoms with Crippen LogP contribution in [0.1, 0.15) is 50.0 Å². The molecule has 0 spiro atoms. The van der Waals surface area contributed by atoms with Crippen molar-refractivity contribution in [1.82, 2.24) is 4.98 Å². The van der Waals surface area contributed by atoms with Gasteiger partial charge in [0.25, 0.3) is 0 Å². The van der Waals surface area contributed by atoms with Gasteiger partial charge in [-0.15, -0.1) is 11.3 Å². The van der Waals surface area contributed by atoms with Gasteiger partial charge in [-0.25, -0.2) is 0 Å². The highest BCUT2D eigenvalue weighted by Gasteiger charge is 2.31. The molecule has 2 nitrogen and oxygen atoms in total. The molecule has 1 aromatic heterocycles. The predicted octanol–water partition coefficient (Wildman–Crippen LogP) is 3.39. The Labute approximate surface area is 95.4 Å². The summed E-state index contributed by atoms with van der Waals surface area (Å²) >= 11 is 1.58. The maximum Gasteiger partial charge on any atom is 0.0928 e. The number of aromatic nitrogens is 1. The number of thiazole rings is 1. The first kappa shape index (κ1) is 11.1. The minimum atomic E-state index is -0.275. The Kier molecular flexibility index (Phi) is 3.76. The molecule has 1 N–H and O–H groups in total. The summed E-state index contributed by atoms with van der Waals surface area (Å²) in [7, 11) is 0. The molecule has 1 aliphatic rings. The van der Waals surface area contributed by atoms with Crippen LogP contribution in [0.25, 0.3) is 0 Å². The summed E-state index contributed by atoms with van der Waals surface area (Å²) in [4.78, 5) is 5.09. The van der Waals surface area contributed by atoms with E-state index < -0.39 is 0 Å². The van der Waals surface area contributed by atoms with Gasteiger partial charge in [0.1, 0.15) is 0 Å². The van der Waals surface area contributed by atoms with Crippen LogP contribution >= 0.6 is 11.3 Å². The smallest absolute Gasteiger partial charge is 0.0928 e. The molecule has 3 heteroatoms. The number of aliphatic hydroxyl groups is 1. The fraction of sp³-hybridized carbons (Fsp3) is 0.750. The van der Waals surface area contributed by atoms with Crippen molar-refractivity contribution in [1.29, 1.82) is 0 Å². The summed E-state index contributed by atoms with van der Waals surface area (Å²) in [5.74, 6) is 1.17. The van der Waals surface area contributed by atoms with Crippen molar-refractivity contribution < 1.29 is 5.11 Å². The highest BCUT2D eigenvalue weighted by Crippen LogP contribution is 2.40. The molecule has 2 rings (SSSR count). The average Bonchev–Trinajstić information content (AvgIpc) is 2.81. The molecule has 1 saturated carbocycles. The summed E-state index contributed by atoms with van der Waals surface area (Å²) < 4.78 is 0. The molecule has 0 aromatic carbocycles. The first-order valence-electron chi connectivity index (χ1n) is 5.89. The zero-order chi connectivity index (χ0) is 10.7. The van der Waals surface area contributed by atoms with Gasteiger partial charge in [-0.3, -0.25) is 4.98 Å². The Hall–Kier alpha value is -0.410. The van der Waals surface area contributed by atoms with Gasteiger partial charge in [0, 0.05) is 6.20 Å². The number of nitrogens with zero attached hydrogens (tertiary/aromatic N) is 1. The third-order valence-corrected chi connectivity index (χ3v) is 4.49. The van der Waals surface area contributed by atoms with Crippen LogP contribution in [-0.4, -0.2) is 10.1 Å². The number of hydrogen-bond donors (Lipinski definition) is 1. The van der Waals surface area contributed by atoms with Gasteiger partial charge < -0.3 is 5.11 Å². The van der Waals surface area contributed by atoms with E-state index in [0.717, 1.165) is 4.88 Å². The van der Waals surface area contributed by atoms with Crippen molar-refractivity contribution in [2.45, 2.75) is 45.1 Å². The van der Waals surface area contributed by atoms with E-state index in [9.17, 15) is 5.11 Å². The van der Waals surface area contributed by atoms with Crippen molar-refractivity contribution in [2.75, 3.05) is 0 Å². The molecule has 0 radical (unpaired) electrons. The number of aliphatic hydroxyl groups excluding tert-OH is 1. The maximum absolute atomic E-state index is 10.3. The SMILES string of the molecule is CCC1CCCCC1C(O)c1cncs1. The molecular formula is C12H19NOS. The molecule has 1 aromatic rings. The fourth-order valence-corrected chi connectivity index (χ4v) is 3.42. The average molecular weight is 225 g/mol. The standard InChI is InChI=1S/C12H19NOS/c1-2-9-5-3-4-6-10(9)12(14)11-7-13-8-15-11/h7-10,12,14H,2-6H2,1H3. The zero-order valence-corrected chi connectivity index (χ0v) is 10.0. The molecule has 15 heavy (non-hydrogen) atoms. The van der Waals surface area contributed by atoms with E-state index in [1.807, 2.05) is 11.7 Å². The number of rotatable bonds is 3. The van der Waals surface area contributed by atoms with E-state index in [-0.39, 0.29) is 6.10 Å². The molecule has 3 atom stereocenters. The molecule has 0 aliphatic heterocycles. The van der Waals surface area contributed by atoms with Crippen LogP contribution < -0.4 is 0 Å². The highest BCUT2D eigenvalue weighted by atomic mass is 32.1. The van der Waals surface area contributed by atoms with E-state index >= 15 is 0 Å². The third-order valence-electron chi connectivity index (χ3n) is 3.64. The minimum Gasteiger partial charge on any atom is -0.387 e. The lowest BCUT2D eigenvalue weighted by molar-refractivity contribution is 0.0476. The van der Waals surface area contributed by atoms with Gasteiger partial charge in [-0.1, -0.05) is 32.6 Å². The molecule has 1 aliphatic carbocycles. The van der Waals surface area contributed by atoms with Gasteiger partial charge in [-0.05, 0) is 18.3 Å². The molecule has 1 fully saturated rings. The van der Waals surface area contributed by atoms with Crippen LogP contribution in [0, 0.1) is 11.8 Å². The van der Waals surface area contributed by atoms with Gasteiger partial charge in [0.2, 0.25) is 0 Å². The molecule has 0 bridgehead atoms. The Morgan fingerprint density at radius 2 is 2.33 bits per heavy atom. The maximum atomic E-state index is 10.3. The van der Waals surface area contributed by atoms with E-state index in [4.69, 9.17) is 0 Å². The van der Waals surface area contributed by atoms with Crippen LogP contribution in [-0.2, 0) is 0 Å². The Balaban J connectivity index is 2.07. The van der Waals surface area contributed by atoms with Crippen LogP contribution in [0.5, 0.6) is 0 Å². The first-order valence-corrected chi connectivity index (χ1v) is 6.77. The van der Waals surface area contributed by atoms with Crippen molar-refractivity contribution >= 4 is 11.3 Å². The minimum absolute atomic E-state index is 0.275. The lowest BCUT2D eigenvalue weighted by Crippen LogP contribution is -2.24. The summed E-state index contributed by atoms with van der Waals surface area (Å²) in [5.41, 5.74) is 1.81. The van der Waals surface area contributed by atoms with E-state index in [1.54, 1.807) is 11.3 Å². The first-order chi connectivity index (χ1) is 7.33. The predicted molar refractivity (Wildman–Crippen MR) is 62.8 cm³/mol. The normalized spacial score (nSPS) is 28.9. The monoisotopic (exact) mass is 225 g/mol. The topological polar surface area (TPSA) is 33.1 Å². The van der Waals surface area contributed by atoms with Crippen molar-refractivity contribution in [3.8, 4) is 0 Å². The van der Waals surface area contributed by atoms with Crippen LogP contribution in [0.3, 0.4) is 0 Å². The Bertz CT molecular complexity index is 286. The van der Waals surface area contributed by atoms with E-state index in [0.29, 0.717) is 11.8 Å². The quantitative estimate of drug-likeness (QED) is 0.855. The van der Waals surface area contributed by atoms with Crippen LogP contribution in [0.4, 0.5) is 0 Å². The van der Waals surface area contributed by atoms with Gasteiger partial charge in [-0.2, -0.15) is 0 Å². The second-order valence-corrected chi connectivity index (χ2v) is 5.38. The molecule has 1 heterocycles. The van der Waals surface area contributed by atoms with E-state index in [2.05, 4.69) is 11.9 Å². The molecule has 84 valence electrons. The molecule has 0 saturated heterocycles. The van der Waals surface area contributed by atoms with Crippen LogP contribution in [0.15, 0.2) is 11.7 Å². The van der Waals surface area contributed by atoms with Gasteiger partial charge in [0.15, 0.2) is 0 Å².